The van der Waals surface area contributed by atoms with Crippen molar-refractivity contribution in [3.8, 4) is 0 Å². The van der Waals surface area contributed by atoms with Gasteiger partial charge in [-0.05, 0) is 38.5 Å². The molecule has 1 saturated carbocycles. The van der Waals surface area contributed by atoms with E-state index in [1.54, 1.807) is 11.1 Å². The fraction of sp³-hybridized carbons (Fsp3) is 0.714. The predicted molar refractivity (Wildman–Crippen MR) is 66.5 cm³/mol. The SMILES string of the molecule is C.C.CC1=C(C2CCCC2)CCC=C1. The molecule has 0 spiro atoms. The summed E-state index contributed by atoms with van der Waals surface area (Å²) in [6.45, 7) is 2.28. The van der Waals surface area contributed by atoms with E-state index >= 15 is 0 Å². The van der Waals surface area contributed by atoms with E-state index in [0.29, 0.717) is 0 Å². The fourth-order valence-corrected chi connectivity index (χ4v) is 2.60. The maximum absolute atomic E-state index is 2.32. The molecule has 0 saturated heterocycles. The quantitative estimate of drug-likeness (QED) is 0.544. The lowest BCUT2D eigenvalue weighted by Crippen LogP contribution is -2.03. The first-order chi connectivity index (χ1) is 5.88. The lowest BCUT2D eigenvalue weighted by molar-refractivity contribution is 0.603. The Morgan fingerprint density at radius 3 is 2.36 bits per heavy atom. The second-order valence-electron chi connectivity index (χ2n) is 4.13. The van der Waals surface area contributed by atoms with Gasteiger partial charge in [-0.2, -0.15) is 0 Å². The molecule has 2 aliphatic rings. The maximum Gasteiger partial charge on any atom is -0.0197 e. The van der Waals surface area contributed by atoms with E-state index in [1.165, 1.54) is 38.5 Å². The van der Waals surface area contributed by atoms with Crippen LogP contribution < -0.4 is 0 Å². The third-order valence-electron chi connectivity index (χ3n) is 3.30. The van der Waals surface area contributed by atoms with Crippen LogP contribution in [0.3, 0.4) is 0 Å². The molecule has 14 heavy (non-hydrogen) atoms. The predicted octanol–water partition coefficient (Wildman–Crippen LogP) is 5.12. The highest BCUT2D eigenvalue weighted by Crippen LogP contribution is 2.36. The van der Waals surface area contributed by atoms with Crippen LogP contribution in [0, 0.1) is 5.92 Å². The van der Waals surface area contributed by atoms with Crippen molar-refractivity contribution in [2.24, 2.45) is 5.92 Å². The molecule has 0 aliphatic heterocycles. The zero-order chi connectivity index (χ0) is 8.39. The first-order valence-corrected chi connectivity index (χ1v) is 5.24. The molecule has 0 heteroatoms. The zero-order valence-electron chi connectivity index (χ0n) is 7.97. The molecule has 0 aromatic carbocycles. The van der Waals surface area contributed by atoms with E-state index in [2.05, 4.69) is 19.1 Å². The van der Waals surface area contributed by atoms with E-state index in [4.69, 9.17) is 0 Å². The minimum Gasteiger partial charge on any atom is -0.0840 e. The summed E-state index contributed by atoms with van der Waals surface area (Å²) < 4.78 is 0. The van der Waals surface area contributed by atoms with Gasteiger partial charge in [0.2, 0.25) is 0 Å². The van der Waals surface area contributed by atoms with Crippen molar-refractivity contribution in [2.45, 2.75) is 60.3 Å². The molecule has 0 aromatic rings. The molecule has 0 atom stereocenters. The van der Waals surface area contributed by atoms with E-state index in [9.17, 15) is 0 Å². The molecular formula is C14H26. The maximum atomic E-state index is 2.32. The van der Waals surface area contributed by atoms with Crippen LogP contribution in [0.4, 0.5) is 0 Å². The summed E-state index contributed by atoms with van der Waals surface area (Å²) in [6, 6.07) is 0. The summed E-state index contributed by atoms with van der Waals surface area (Å²) in [7, 11) is 0. The average molecular weight is 194 g/mol. The van der Waals surface area contributed by atoms with Crippen molar-refractivity contribution < 1.29 is 0 Å². The molecule has 0 N–H and O–H groups in total. The van der Waals surface area contributed by atoms with Crippen LogP contribution in [0.2, 0.25) is 0 Å². The molecule has 0 amide bonds. The second kappa shape index (κ2) is 6.06. The molecule has 0 unspecified atom stereocenters. The van der Waals surface area contributed by atoms with Crippen molar-refractivity contribution in [3.05, 3.63) is 23.3 Å². The third-order valence-corrected chi connectivity index (χ3v) is 3.30. The van der Waals surface area contributed by atoms with Crippen LogP contribution in [0.5, 0.6) is 0 Å². The normalized spacial score (nSPS) is 21.8. The smallest absolute Gasteiger partial charge is 0.0197 e. The highest BCUT2D eigenvalue weighted by molar-refractivity contribution is 5.29. The van der Waals surface area contributed by atoms with Gasteiger partial charge in [0.25, 0.3) is 0 Å². The van der Waals surface area contributed by atoms with E-state index in [1.807, 2.05) is 0 Å². The molecule has 2 aliphatic carbocycles. The first-order valence-electron chi connectivity index (χ1n) is 5.24. The van der Waals surface area contributed by atoms with Gasteiger partial charge in [0, 0.05) is 0 Å². The van der Waals surface area contributed by atoms with Crippen LogP contribution in [0.15, 0.2) is 23.3 Å². The topological polar surface area (TPSA) is 0 Å². The second-order valence-corrected chi connectivity index (χ2v) is 4.13. The molecular weight excluding hydrogens is 168 g/mol. The van der Waals surface area contributed by atoms with Crippen molar-refractivity contribution >= 4 is 0 Å². The Bertz CT molecular complexity index is 214. The van der Waals surface area contributed by atoms with Gasteiger partial charge in [-0.25, -0.2) is 0 Å². The van der Waals surface area contributed by atoms with Crippen molar-refractivity contribution in [2.75, 3.05) is 0 Å². The van der Waals surface area contributed by atoms with Crippen LogP contribution in [-0.4, -0.2) is 0 Å². The minimum absolute atomic E-state index is 0. The Morgan fingerprint density at radius 1 is 1.14 bits per heavy atom. The van der Waals surface area contributed by atoms with Gasteiger partial charge in [0.1, 0.15) is 0 Å². The van der Waals surface area contributed by atoms with E-state index < -0.39 is 0 Å². The number of hydrogen-bond donors (Lipinski definition) is 0. The van der Waals surface area contributed by atoms with Crippen molar-refractivity contribution in [1.82, 2.24) is 0 Å². The van der Waals surface area contributed by atoms with Crippen molar-refractivity contribution in [1.29, 1.82) is 0 Å². The summed E-state index contributed by atoms with van der Waals surface area (Å²) >= 11 is 0. The summed E-state index contributed by atoms with van der Waals surface area (Å²) in [6.07, 6.45) is 13.1. The van der Waals surface area contributed by atoms with Gasteiger partial charge >= 0.3 is 0 Å². The lowest BCUT2D eigenvalue weighted by Gasteiger charge is -2.19. The first kappa shape index (κ1) is 13.5. The van der Waals surface area contributed by atoms with Gasteiger partial charge in [-0.15, -0.1) is 0 Å². The summed E-state index contributed by atoms with van der Waals surface area (Å²) in [5, 5.41) is 0. The van der Waals surface area contributed by atoms with Gasteiger partial charge in [0.05, 0.1) is 0 Å². The monoisotopic (exact) mass is 194 g/mol. The Labute approximate surface area is 90.1 Å². The Kier molecular flexibility index (Phi) is 5.83. The van der Waals surface area contributed by atoms with Crippen LogP contribution in [0.25, 0.3) is 0 Å². The summed E-state index contributed by atoms with van der Waals surface area (Å²) in [5.41, 5.74) is 3.34. The molecule has 0 bridgehead atoms. The highest BCUT2D eigenvalue weighted by atomic mass is 14.3. The number of allylic oxidation sites excluding steroid dienone is 4. The van der Waals surface area contributed by atoms with E-state index in [-0.39, 0.29) is 14.9 Å². The molecule has 0 radical (unpaired) electrons. The van der Waals surface area contributed by atoms with Gasteiger partial charge < -0.3 is 0 Å². The van der Waals surface area contributed by atoms with Crippen LogP contribution in [0.1, 0.15) is 60.3 Å². The number of rotatable bonds is 1. The van der Waals surface area contributed by atoms with Gasteiger partial charge in [-0.3, -0.25) is 0 Å². The standard InChI is InChI=1S/C12H18.2CH4/c1-10-6-2-5-9-12(10)11-7-3-4-8-11;;/h2,6,11H,3-5,7-9H2,1H3;2*1H4. The Hall–Kier alpha value is -0.520. The third kappa shape index (κ3) is 2.73. The molecule has 0 aromatic heterocycles. The molecule has 2 rings (SSSR count). The van der Waals surface area contributed by atoms with Crippen LogP contribution in [-0.2, 0) is 0 Å². The Balaban J connectivity index is 0.000000845. The summed E-state index contributed by atoms with van der Waals surface area (Å²) in [4.78, 5) is 0. The fourth-order valence-electron chi connectivity index (χ4n) is 2.60. The molecule has 0 nitrogen and oxygen atoms in total. The molecule has 1 fully saturated rings. The van der Waals surface area contributed by atoms with Crippen molar-refractivity contribution in [3.63, 3.8) is 0 Å². The molecule has 82 valence electrons. The largest absolute Gasteiger partial charge is 0.0840 e. The summed E-state index contributed by atoms with van der Waals surface area (Å²) in [5.74, 6) is 0.954. The zero-order valence-corrected chi connectivity index (χ0v) is 7.97. The minimum atomic E-state index is 0. The molecule has 0 heterocycles. The lowest BCUT2D eigenvalue weighted by atomic mass is 9.87. The highest BCUT2D eigenvalue weighted by Gasteiger charge is 2.20. The van der Waals surface area contributed by atoms with E-state index in [0.717, 1.165) is 5.92 Å². The van der Waals surface area contributed by atoms with Gasteiger partial charge in [-0.1, -0.05) is 51.0 Å². The van der Waals surface area contributed by atoms with Crippen LogP contribution >= 0.6 is 0 Å². The Morgan fingerprint density at radius 2 is 1.79 bits per heavy atom. The number of hydrogen-bond acceptors (Lipinski definition) is 0. The average Bonchev–Trinajstić information content (AvgIpc) is 2.57. The van der Waals surface area contributed by atoms with Gasteiger partial charge in [0.15, 0.2) is 0 Å².